The van der Waals surface area contributed by atoms with E-state index < -0.39 is 0 Å². The number of nitrogens with zero attached hydrogens (tertiary/aromatic N) is 3. The molecular weight excluding hydrogens is 286 g/mol. The maximum Gasteiger partial charge on any atom is 0.289 e. The van der Waals surface area contributed by atoms with Crippen molar-refractivity contribution in [3.63, 3.8) is 0 Å². The second-order valence-electron chi connectivity index (χ2n) is 5.34. The van der Waals surface area contributed by atoms with E-state index in [2.05, 4.69) is 4.98 Å². The van der Waals surface area contributed by atoms with Crippen LogP contribution in [-0.2, 0) is 7.05 Å². The maximum atomic E-state index is 12.2. The molecule has 0 radical (unpaired) electrons. The zero-order valence-corrected chi connectivity index (χ0v) is 12.9. The van der Waals surface area contributed by atoms with Crippen LogP contribution in [0, 0.1) is 5.92 Å². The molecule has 1 fully saturated rings. The first-order valence-corrected chi connectivity index (χ1v) is 8.15. The molecule has 112 valence electrons. The summed E-state index contributed by atoms with van der Waals surface area (Å²) >= 11 is 1.80. The van der Waals surface area contributed by atoms with E-state index in [-0.39, 0.29) is 5.91 Å². The number of furan rings is 1. The summed E-state index contributed by atoms with van der Waals surface area (Å²) in [4.78, 5) is 18.4. The lowest BCUT2D eigenvalue weighted by atomic mass is 9.99. The van der Waals surface area contributed by atoms with Crippen molar-refractivity contribution in [1.29, 1.82) is 0 Å². The third-order valence-electron chi connectivity index (χ3n) is 3.86. The Bertz CT molecular complexity index is 586. The van der Waals surface area contributed by atoms with E-state index in [4.69, 9.17) is 4.42 Å². The molecule has 21 heavy (non-hydrogen) atoms. The monoisotopic (exact) mass is 305 g/mol. The van der Waals surface area contributed by atoms with Crippen molar-refractivity contribution >= 4 is 17.7 Å². The van der Waals surface area contributed by atoms with Gasteiger partial charge in [0.15, 0.2) is 10.9 Å². The van der Waals surface area contributed by atoms with Gasteiger partial charge in [-0.1, -0.05) is 11.8 Å². The number of carbonyl (C=O) groups excluding carboxylic acids is 1. The van der Waals surface area contributed by atoms with E-state index in [9.17, 15) is 4.79 Å². The Balaban J connectivity index is 1.47. The fourth-order valence-corrected chi connectivity index (χ4v) is 3.66. The van der Waals surface area contributed by atoms with Crippen LogP contribution >= 0.6 is 11.8 Å². The molecule has 1 aliphatic rings. The van der Waals surface area contributed by atoms with E-state index in [1.807, 2.05) is 28.9 Å². The van der Waals surface area contributed by atoms with Crippen molar-refractivity contribution in [2.45, 2.75) is 18.0 Å². The van der Waals surface area contributed by atoms with Crippen LogP contribution in [0.25, 0.3) is 0 Å². The smallest absolute Gasteiger partial charge is 0.289 e. The second-order valence-corrected chi connectivity index (χ2v) is 6.33. The first-order chi connectivity index (χ1) is 10.2. The van der Waals surface area contributed by atoms with Crippen LogP contribution < -0.4 is 0 Å². The highest BCUT2D eigenvalue weighted by Crippen LogP contribution is 2.26. The van der Waals surface area contributed by atoms with Crippen LogP contribution in [-0.4, -0.2) is 39.2 Å². The predicted molar refractivity (Wildman–Crippen MR) is 81.3 cm³/mol. The number of hydrogen-bond acceptors (Lipinski definition) is 4. The quantitative estimate of drug-likeness (QED) is 0.815. The number of likely N-dealkylation sites (tertiary alicyclic amines) is 1. The van der Waals surface area contributed by atoms with Crippen molar-refractivity contribution in [3.8, 4) is 0 Å². The number of carbonyl (C=O) groups is 1. The molecule has 2 aromatic heterocycles. The van der Waals surface area contributed by atoms with E-state index >= 15 is 0 Å². The Morgan fingerprint density at radius 3 is 2.90 bits per heavy atom. The third-order valence-corrected chi connectivity index (χ3v) is 5.15. The molecule has 0 aromatic carbocycles. The van der Waals surface area contributed by atoms with Gasteiger partial charge in [0, 0.05) is 38.3 Å². The summed E-state index contributed by atoms with van der Waals surface area (Å²) in [7, 11) is 2.01. The van der Waals surface area contributed by atoms with Gasteiger partial charge in [-0.25, -0.2) is 4.98 Å². The van der Waals surface area contributed by atoms with Crippen LogP contribution in [0.4, 0.5) is 0 Å². The van der Waals surface area contributed by atoms with Gasteiger partial charge in [-0.15, -0.1) is 0 Å². The molecule has 0 bridgehead atoms. The molecule has 2 aromatic rings. The highest BCUT2D eigenvalue weighted by atomic mass is 32.2. The zero-order chi connectivity index (χ0) is 14.7. The fraction of sp³-hybridized carbons (Fsp3) is 0.467. The topological polar surface area (TPSA) is 51.3 Å². The van der Waals surface area contributed by atoms with E-state index in [1.165, 1.54) is 0 Å². The average Bonchev–Trinajstić information content (AvgIpc) is 3.17. The maximum absolute atomic E-state index is 12.2. The minimum absolute atomic E-state index is 0.00945. The minimum Gasteiger partial charge on any atom is -0.459 e. The molecule has 0 aliphatic carbocycles. The molecule has 3 heterocycles. The Morgan fingerprint density at radius 2 is 2.29 bits per heavy atom. The van der Waals surface area contributed by atoms with Crippen molar-refractivity contribution < 1.29 is 9.21 Å². The lowest BCUT2D eigenvalue weighted by Gasteiger charge is -2.31. The first-order valence-electron chi connectivity index (χ1n) is 7.17. The van der Waals surface area contributed by atoms with Gasteiger partial charge in [-0.2, -0.15) is 0 Å². The number of piperidine rings is 1. The molecule has 0 N–H and O–H groups in total. The highest BCUT2D eigenvalue weighted by Gasteiger charge is 2.25. The Hall–Kier alpha value is -1.69. The van der Waals surface area contributed by atoms with Crippen molar-refractivity contribution in [3.05, 3.63) is 36.5 Å². The Kier molecular flexibility index (Phi) is 4.34. The molecule has 0 atom stereocenters. The van der Waals surface area contributed by atoms with Gasteiger partial charge in [-0.3, -0.25) is 4.79 Å². The van der Waals surface area contributed by atoms with Crippen molar-refractivity contribution in [1.82, 2.24) is 14.5 Å². The minimum atomic E-state index is 0.00945. The zero-order valence-electron chi connectivity index (χ0n) is 12.1. The molecule has 0 saturated carbocycles. The van der Waals surface area contributed by atoms with Crippen molar-refractivity contribution in [2.75, 3.05) is 18.8 Å². The molecule has 0 spiro atoms. The average molecular weight is 305 g/mol. The number of aromatic nitrogens is 2. The van der Waals surface area contributed by atoms with Gasteiger partial charge >= 0.3 is 0 Å². The Labute approximate surface area is 128 Å². The number of aryl methyl sites for hydroxylation is 1. The molecule has 1 amide bonds. The number of thioether (sulfide) groups is 1. The molecular formula is C15H19N3O2S. The highest BCUT2D eigenvalue weighted by molar-refractivity contribution is 7.99. The summed E-state index contributed by atoms with van der Waals surface area (Å²) < 4.78 is 7.22. The second kappa shape index (κ2) is 6.39. The molecule has 1 saturated heterocycles. The van der Waals surface area contributed by atoms with Crippen LogP contribution in [0.15, 0.2) is 40.4 Å². The predicted octanol–water partition coefficient (Wildman–Crippen LogP) is 2.66. The van der Waals surface area contributed by atoms with Gasteiger partial charge in [0.25, 0.3) is 5.91 Å². The molecule has 3 rings (SSSR count). The van der Waals surface area contributed by atoms with E-state index in [0.717, 1.165) is 36.8 Å². The number of amides is 1. The molecule has 1 aliphatic heterocycles. The normalized spacial score (nSPS) is 16.3. The lowest BCUT2D eigenvalue weighted by Crippen LogP contribution is -2.38. The molecule has 0 unspecified atom stereocenters. The van der Waals surface area contributed by atoms with Crippen LogP contribution in [0.3, 0.4) is 0 Å². The van der Waals surface area contributed by atoms with Gasteiger partial charge in [0.05, 0.1) is 6.26 Å². The summed E-state index contributed by atoms with van der Waals surface area (Å²) in [6.07, 6.45) is 7.43. The Morgan fingerprint density at radius 1 is 1.48 bits per heavy atom. The molecule has 5 nitrogen and oxygen atoms in total. The van der Waals surface area contributed by atoms with Gasteiger partial charge in [-0.05, 0) is 30.9 Å². The number of imidazole rings is 1. The van der Waals surface area contributed by atoms with Crippen LogP contribution in [0.2, 0.25) is 0 Å². The van der Waals surface area contributed by atoms with Gasteiger partial charge < -0.3 is 13.9 Å². The third kappa shape index (κ3) is 3.32. The van der Waals surface area contributed by atoms with Crippen molar-refractivity contribution in [2.24, 2.45) is 13.0 Å². The largest absolute Gasteiger partial charge is 0.459 e. The fourth-order valence-electron chi connectivity index (χ4n) is 2.54. The van der Waals surface area contributed by atoms with Gasteiger partial charge in [0.1, 0.15) is 0 Å². The number of rotatable bonds is 4. The number of hydrogen-bond donors (Lipinski definition) is 0. The summed E-state index contributed by atoms with van der Waals surface area (Å²) in [6, 6.07) is 3.48. The van der Waals surface area contributed by atoms with Crippen LogP contribution in [0.1, 0.15) is 23.4 Å². The lowest BCUT2D eigenvalue weighted by molar-refractivity contribution is 0.0666. The molecule has 6 heteroatoms. The van der Waals surface area contributed by atoms with E-state index in [1.54, 1.807) is 30.2 Å². The summed E-state index contributed by atoms with van der Waals surface area (Å²) in [5.74, 6) is 2.16. The summed E-state index contributed by atoms with van der Waals surface area (Å²) in [5.41, 5.74) is 0. The van der Waals surface area contributed by atoms with E-state index in [0.29, 0.717) is 11.7 Å². The van der Waals surface area contributed by atoms with Crippen LogP contribution in [0.5, 0.6) is 0 Å². The first kappa shape index (κ1) is 14.3. The SMILES string of the molecule is Cn1ccnc1SCC1CCN(C(=O)c2ccco2)CC1. The summed E-state index contributed by atoms with van der Waals surface area (Å²) in [6.45, 7) is 1.62. The standard InChI is InChI=1S/C15H19N3O2S/c1-17-9-6-16-15(17)21-11-12-4-7-18(8-5-12)14(19)13-3-2-10-20-13/h2-3,6,9-10,12H,4-5,7-8,11H2,1H3. The summed E-state index contributed by atoms with van der Waals surface area (Å²) in [5, 5.41) is 1.06. The van der Waals surface area contributed by atoms with Gasteiger partial charge in [0.2, 0.25) is 0 Å².